The Kier molecular flexibility index (Phi) is 4.12. The molecular weight excluding hydrogens is 610 g/mol. The number of rotatable bonds is 0. The summed E-state index contributed by atoms with van der Waals surface area (Å²) < 4.78 is 7.12. The molecule has 0 N–H and O–H groups in total. The number of hydrogen-bond donors (Lipinski definition) is 0. The van der Waals surface area contributed by atoms with Crippen LogP contribution in [0.1, 0.15) is 4.88 Å². The summed E-state index contributed by atoms with van der Waals surface area (Å²) in [6.07, 6.45) is 0. The van der Waals surface area contributed by atoms with Crippen LogP contribution in [0.15, 0.2) is 18.2 Å². The molecule has 0 aliphatic carbocycles. The zero-order valence-electron chi connectivity index (χ0n) is 6.97. The van der Waals surface area contributed by atoms with Crippen LogP contribution in [0, 0.1) is 16.5 Å². The van der Waals surface area contributed by atoms with E-state index >= 15 is 0 Å². The van der Waals surface area contributed by atoms with Crippen molar-refractivity contribution in [2.45, 2.75) is 0 Å². The van der Waals surface area contributed by atoms with Crippen LogP contribution in [0.3, 0.4) is 0 Å². The summed E-state index contributed by atoms with van der Waals surface area (Å²) in [5.74, 6) is 3.19. The van der Waals surface area contributed by atoms with Gasteiger partial charge >= 0.3 is 132 Å². The first-order valence-electron chi connectivity index (χ1n) is 3.81. The van der Waals surface area contributed by atoms with E-state index in [0.717, 1.165) is 25.8 Å². The Hall–Kier alpha value is 1.12. The molecule has 0 spiro atoms. The molecule has 14 heavy (non-hydrogen) atoms. The summed E-state index contributed by atoms with van der Waals surface area (Å²) in [5, 5.41) is 1.35. The van der Waals surface area contributed by atoms with Crippen molar-refractivity contribution in [2.24, 2.45) is 0 Å². The SMILES string of the molecule is Ic1ccc(I)c2sc(C#[C][Tl])cc12. The van der Waals surface area contributed by atoms with E-state index in [9.17, 15) is 0 Å². The zero-order chi connectivity index (χ0) is 10.1. The maximum absolute atomic E-state index is 3.19. The van der Waals surface area contributed by atoms with E-state index in [1.54, 1.807) is 11.3 Å². The van der Waals surface area contributed by atoms with Crippen molar-refractivity contribution >= 4 is 92.4 Å². The Balaban J connectivity index is 2.79. The topological polar surface area (TPSA) is 0 Å². The van der Waals surface area contributed by atoms with Gasteiger partial charge in [-0.1, -0.05) is 0 Å². The summed E-state index contributed by atoms with van der Waals surface area (Å²) in [5.41, 5.74) is 0. The third-order valence-electron chi connectivity index (χ3n) is 1.78. The molecule has 4 heteroatoms. The van der Waals surface area contributed by atoms with Crippen LogP contribution in [0.5, 0.6) is 0 Å². The van der Waals surface area contributed by atoms with Gasteiger partial charge in [0.2, 0.25) is 0 Å². The van der Waals surface area contributed by atoms with E-state index in [-0.39, 0.29) is 0 Å². The fourth-order valence-corrected chi connectivity index (χ4v) is 4.74. The quantitative estimate of drug-likeness (QED) is 0.242. The first-order valence-corrected chi connectivity index (χ1v) is 9.03. The van der Waals surface area contributed by atoms with Crippen LogP contribution in [0.25, 0.3) is 10.1 Å². The van der Waals surface area contributed by atoms with Gasteiger partial charge in [-0.25, -0.2) is 0 Å². The molecule has 0 atom stereocenters. The van der Waals surface area contributed by atoms with Gasteiger partial charge in [-0.3, -0.25) is 0 Å². The summed E-state index contributed by atoms with van der Waals surface area (Å²) in [6, 6.07) is 6.54. The van der Waals surface area contributed by atoms with Crippen molar-refractivity contribution in [1.82, 2.24) is 0 Å². The van der Waals surface area contributed by atoms with Crippen molar-refractivity contribution in [2.75, 3.05) is 0 Å². The van der Waals surface area contributed by atoms with Crippen molar-refractivity contribution in [1.29, 1.82) is 0 Å². The van der Waals surface area contributed by atoms with Crippen LogP contribution in [0.2, 0.25) is 0 Å². The molecule has 0 aliphatic rings. The van der Waals surface area contributed by atoms with Crippen molar-refractivity contribution in [3.63, 3.8) is 0 Å². The summed E-state index contributed by atoms with van der Waals surface area (Å²) in [7, 11) is 0. The van der Waals surface area contributed by atoms with Gasteiger partial charge in [0.05, 0.1) is 0 Å². The maximum atomic E-state index is 3.19. The van der Waals surface area contributed by atoms with Crippen molar-refractivity contribution < 1.29 is 0 Å². The van der Waals surface area contributed by atoms with Crippen LogP contribution in [-0.2, 0) is 0 Å². The second-order valence-corrected chi connectivity index (χ2v) is 7.15. The second-order valence-electron chi connectivity index (χ2n) is 2.65. The molecule has 0 saturated carbocycles. The van der Waals surface area contributed by atoms with Gasteiger partial charge in [-0.05, 0) is 0 Å². The van der Waals surface area contributed by atoms with Gasteiger partial charge in [-0.15, -0.1) is 0 Å². The second kappa shape index (κ2) is 4.97. The van der Waals surface area contributed by atoms with E-state index in [0.29, 0.717) is 0 Å². The van der Waals surface area contributed by atoms with Gasteiger partial charge in [0.25, 0.3) is 0 Å². The van der Waals surface area contributed by atoms with E-state index < -0.39 is 0 Å². The average Bonchev–Trinajstić information content (AvgIpc) is 2.57. The number of thiophene rings is 1. The first-order chi connectivity index (χ1) is 6.72. The van der Waals surface area contributed by atoms with E-state index in [4.69, 9.17) is 0 Å². The first kappa shape index (κ1) is 11.6. The standard InChI is InChI=1S/C10H3I2S.Tl/c1-2-6-5-7-8(11)3-4-9(12)10(7)13-6;/h3-5H;. The number of fused-ring (bicyclic) bond motifs is 1. The normalized spacial score (nSPS) is 9.79. The van der Waals surface area contributed by atoms with Crippen molar-refractivity contribution in [3.8, 4) is 9.40 Å². The minimum absolute atomic E-state index is 0.767. The predicted octanol–water partition coefficient (Wildman–Crippen LogP) is 3.59. The van der Waals surface area contributed by atoms with Gasteiger partial charge in [0.1, 0.15) is 0 Å². The Morgan fingerprint density at radius 1 is 1.21 bits per heavy atom. The average molecular weight is 613 g/mol. The van der Waals surface area contributed by atoms with Crippen LogP contribution in [0.4, 0.5) is 0 Å². The molecule has 0 saturated heterocycles. The van der Waals surface area contributed by atoms with E-state index in [1.807, 2.05) is 0 Å². The van der Waals surface area contributed by atoms with Crippen LogP contribution >= 0.6 is 56.5 Å². The molecule has 2 rings (SSSR count). The van der Waals surface area contributed by atoms with Gasteiger partial charge in [0, 0.05) is 0 Å². The zero-order valence-corrected chi connectivity index (χ0v) is 16.6. The molecule has 1 aromatic heterocycles. The van der Waals surface area contributed by atoms with Crippen molar-refractivity contribution in [3.05, 3.63) is 30.2 Å². The molecule has 0 radical (unpaired) electrons. The summed E-state index contributed by atoms with van der Waals surface area (Å²) in [6.45, 7) is 0. The van der Waals surface area contributed by atoms with Gasteiger partial charge in [-0.2, -0.15) is 0 Å². The molecule has 0 unspecified atom stereocenters. The molecule has 1 heterocycles. The Labute approximate surface area is 130 Å². The molecule has 1 aromatic carbocycles. The van der Waals surface area contributed by atoms with E-state index in [2.05, 4.69) is 72.8 Å². The fourth-order valence-electron chi connectivity index (χ4n) is 1.19. The molecule has 0 amide bonds. The molecule has 0 nitrogen and oxygen atoms in total. The fraction of sp³-hybridized carbons (Fsp3) is 0. The van der Waals surface area contributed by atoms with Crippen LogP contribution < -0.4 is 0 Å². The number of halogens is 2. The third kappa shape index (κ3) is 2.27. The Bertz CT molecular complexity index is 509. The van der Waals surface area contributed by atoms with Crippen LogP contribution in [-0.4, -0.2) is 25.8 Å². The number of benzene rings is 1. The van der Waals surface area contributed by atoms with Gasteiger partial charge < -0.3 is 0 Å². The number of hydrogen-bond acceptors (Lipinski definition) is 1. The molecule has 2 aromatic rings. The Morgan fingerprint density at radius 3 is 2.57 bits per heavy atom. The molecular formula is C10H3I2STl. The molecule has 66 valence electrons. The Morgan fingerprint density at radius 2 is 1.93 bits per heavy atom. The molecule has 0 bridgehead atoms. The minimum atomic E-state index is 0.767. The summed E-state index contributed by atoms with van der Waals surface area (Å²) in [4.78, 5) is 1.20. The predicted molar refractivity (Wildman–Crippen MR) is 79.9 cm³/mol. The molecule has 0 aliphatic heterocycles. The molecule has 0 fully saturated rings. The van der Waals surface area contributed by atoms with Gasteiger partial charge in [0.15, 0.2) is 0 Å². The third-order valence-corrected chi connectivity index (χ3v) is 5.63. The summed E-state index contributed by atoms with van der Waals surface area (Å²) >= 11 is 7.34. The monoisotopic (exact) mass is 614 g/mol. The van der Waals surface area contributed by atoms with E-state index in [1.165, 1.54) is 22.1 Å².